The van der Waals surface area contributed by atoms with Crippen LogP contribution in [0.15, 0.2) is 16.5 Å². The summed E-state index contributed by atoms with van der Waals surface area (Å²) in [6.07, 6.45) is 3.29. The lowest BCUT2D eigenvalue weighted by Crippen LogP contribution is -2.25. The van der Waals surface area contributed by atoms with Crippen molar-refractivity contribution in [2.24, 2.45) is 11.7 Å². The topological polar surface area (TPSA) is 52.0 Å². The molecule has 2 aromatic rings. The van der Waals surface area contributed by atoms with Crippen LogP contribution in [-0.2, 0) is 6.42 Å². The summed E-state index contributed by atoms with van der Waals surface area (Å²) in [5.74, 6) is 1.47. The van der Waals surface area contributed by atoms with Crippen LogP contribution in [0, 0.1) is 19.8 Å². The van der Waals surface area contributed by atoms with Gasteiger partial charge in [-0.3, -0.25) is 0 Å². The molecule has 3 rings (SSSR count). The molecule has 2 N–H and O–H groups in total. The Morgan fingerprint density at radius 2 is 2.18 bits per heavy atom. The van der Waals surface area contributed by atoms with Gasteiger partial charge in [0.05, 0.1) is 0 Å². The minimum Gasteiger partial charge on any atom is -0.440 e. The van der Waals surface area contributed by atoms with Crippen LogP contribution in [0.25, 0.3) is 11.1 Å². The first kappa shape index (κ1) is 10.8. The van der Waals surface area contributed by atoms with Gasteiger partial charge in [0.1, 0.15) is 5.52 Å². The molecule has 0 aliphatic heterocycles. The van der Waals surface area contributed by atoms with Crippen LogP contribution in [0.2, 0.25) is 0 Å². The Hall–Kier alpha value is -1.35. The smallest absolute Gasteiger partial charge is 0.197 e. The van der Waals surface area contributed by atoms with Crippen molar-refractivity contribution in [3.05, 3.63) is 29.2 Å². The second-order valence-corrected chi connectivity index (χ2v) is 5.24. The van der Waals surface area contributed by atoms with E-state index in [1.165, 1.54) is 18.4 Å². The van der Waals surface area contributed by atoms with Gasteiger partial charge in [-0.2, -0.15) is 0 Å². The summed E-state index contributed by atoms with van der Waals surface area (Å²) in [5, 5.41) is 0. The largest absolute Gasteiger partial charge is 0.440 e. The van der Waals surface area contributed by atoms with Crippen LogP contribution in [-0.4, -0.2) is 11.0 Å². The van der Waals surface area contributed by atoms with Crippen LogP contribution >= 0.6 is 0 Å². The van der Waals surface area contributed by atoms with Gasteiger partial charge in [0, 0.05) is 12.5 Å². The minimum atomic E-state index is 0.212. The van der Waals surface area contributed by atoms with Gasteiger partial charge < -0.3 is 10.2 Å². The molecule has 1 saturated carbocycles. The van der Waals surface area contributed by atoms with E-state index >= 15 is 0 Å². The highest BCUT2D eigenvalue weighted by Crippen LogP contribution is 2.33. The number of hydrogen-bond donors (Lipinski definition) is 1. The van der Waals surface area contributed by atoms with E-state index in [1.807, 2.05) is 0 Å². The van der Waals surface area contributed by atoms with E-state index < -0.39 is 0 Å². The van der Waals surface area contributed by atoms with Crippen LogP contribution in [0.3, 0.4) is 0 Å². The number of rotatable bonds is 3. The van der Waals surface area contributed by atoms with Gasteiger partial charge in [0.15, 0.2) is 11.5 Å². The minimum absolute atomic E-state index is 0.212. The van der Waals surface area contributed by atoms with E-state index in [0.29, 0.717) is 5.92 Å². The Morgan fingerprint density at radius 1 is 1.41 bits per heavy atom. The predicted octanol–water partition coefficient (Wildman–Crippen LogP) is 2.72. The molecule has 0 spiro atoms. The zero-order chi connectivity index (χ0) is 12.0. The second-order valence-electron chi connectivity index (χ2n) is 5.24. The SMILES string of the molecule is Cc1cc(C)c2oc(CC(N)C3CC3)nc2c1. The molecular formula is C14H18N2O. The molecule has 0 amide bonds. The number of aromatic nitrogens is 1. The molecule has 0 saturated heterocycles. The lowest BCUT2D eigenvalue weighted by molar-refractivity contribution is 0.474. The monoisotopic (exact) mass is 230 g/mol. The summed E-state index contributed by atoms with van der Waals surface area (Å²) >= 11 is 0. The molecule has 90 valence electrons. The van der Waals surface area contributed by atoms with Gasteiger partial charge in [0.25, 0.3) is 0 Å². The molecule has 1 aliphatic carbocycles. The van der Waals surface area contributed by atoms with Crippen LogP contribution in [0.4, 0.5) is 0 Å². The van der Waals surface area contributed by atoms with Crippen molar-refractivity contribution in [2.75, 3.05) is 0 Å². The lowest BCUT2D eigenvalue weighted by atomic mass is 10.1. The van der Waals surface area contributed by atoms with Crippen molar-refractivity contribution in [3.8, 4) is 0 Å². The van der Waals surface area contributed by atoms with Gasteiger partial charge in [-0.1, -0.05) is 6.07 Å². The molecule has 0 radical (unpaired) electrons. The molecule has 3 heteroatoms. The fourth-order valence-corrected chi connectivity index (χ4v) is 2.40. The quantitative estimate of drug-likeness (QED) is 0.882. The third-order valence-corrected chi connectivity index (χ3v) is 3.50. The summed E-state index contributed by atoms with van der Waals surface area (Å²) in [6, 6.07) is 4.40. The Labute approximate surface area is 101 Å². The van der Waals surface area contributed by atoms with Crippen molar-refractivity contribution in [1.29, 1.82) is 0 Å². The Morgan fingerprint density at radius 3 is 2.88 bits per heavy atom. The predicted molar refractivity (Wildman–Crippen MR) is 67.9 cm³/mol. The van der Waals surface area contributed by atoms with Crippen molar-refractivity contribution in [2.45, 2.75) is 39.2 Å². The highest BCUT2D eigenvalue weighted by Gasteiger charge is 2.29. The summed E-state index contributed by atoms with van der Waals surface area (Å²) in [7, 11) is 0. The maximum absolute atomic E-state index is 6.10. The molecule has 0 bridgehead atoms. The molecule has 1 fully saturated rings. The zero-order valence-electron chi connectivity index (χ0n) is 10.4. The number of nitrogens with zero attached hydrogens (tertiary/aromatic N) is 1. The molecule has 1 aromatic carbocycles. The van der Waals surface area contributed by atoms with Gasteiger partial charge in [-0.25, -0.2) is 4.98 Å². The summed E-state index contributed by atoms with van der Waals surface area (Å²) < 4.78 is 5.81. The van der Waals surface area contributed by atoms with Crippen LogP contribution in [0.5, 0.6) is 0 Å². The van der Waals surface area contributed by atoms with Crippen LogP contribution < -0.4 is 5.73 Å². The molecule has 1 unspecified atom stereocenters. The third kappa shape index (κ3) is 2.07. The van der Waals surface area contributed by atoms with Gasteiger partial charge in [-0.05, 0) is 49.8 Å². The fraction of sp³-hybridized carbons (Fsp3) is 0.500. The maximum atomic E-state index is 6.10. The molecule has 1 atom stereocenters. The maximum Gasteiger partial charge on any atom is 0.197 e. The summed E-state index contributed by atoms with van der Waals surface area (Å²) in [4.78, 5) is 4.54. The van der Waals surface area contributed by atoms with Gasteiger partial charge in [0.2, 0.25) is 0 Å². The number of oxazole rings is 1. The number of aryl methyl sites for hydroxylation is 2. The van der Waals surface area contributed by atoms with E-state index in [4.69, 9.17) is 10.2 Å². The van der Waals surface area contributed by atoms with Gasteiger partial charge in [-0.15, -0.1) is 0 Å². The summed E-state index contributed by atoms with van der Waals surface area (Å²) in [5.41, 5.74) is 10.3. The number of nitrogens with two attached hydrogens (primary N) is 1. The van der Waals surface area contributed by atoms with Crippen molar-refractivity contribution < 1.29 is 4.42 Å². The normalized spacial score (nSPS) is 17.6. The van der Waals surface area contributed by atoms with E-state index in [9.17, 15) is 0 Å². The van der Waals surface area contributed by atoms with E-state index in [2.05, 4.69) is 31.0 Å². The lowest BCUT2D eigenvalue weighted by Gasteiger charge is -2.05. The number of hydrogen-bond acceptors (Lipinski definition) is 3. The molecule has 3 nitrogen and oxygen atoms in total. The first-order chi connectivity index (χ1) is 8.13. The third-order valence-electron chi connectivity index (χ3n) is 3.50. The zero-order valence-corrected chi connectivity index (χ0v) is 10.4. The van der Waals surface area contributed by atoms with Crippen molar-refractivity contribution in [3.63, 3.8) is 0 Å². The number of benzene rings is 1. The average molecular weight is 230 g/mol. The van der Waals surface area contributed by atoms with Crippen molar-refractivity contribution in [1.82, 2.24) is 4.98 Å². The molecular weight excluding hydrogens is 212 g/mol. The standard InChI is InChI=1S/C14H18N2O/c1-8-5-9(2)14-12(6-8)16-13(17-14)7-11(15)10-3-4-10/h5-6,10-11H,3-4,7,15H2,1-2H3. The molecule has 1 aromatic heterocycles. The Kier molecular flexibility index (Phi) is 2.44. The first-order valence-electron chi connectivity index (χ1n) is 6.26. The number of fused-ring (bicyclic) bond motifs is 1. The van der Waals surface area contributed by atoms with E-state index in [1.54, 1.807) is 0 Å². The van der Waals surface area contributed by atoms with Gasteiger partial charge >= 0.3 is 0 Å². The average Bonchev–Trinajstić information content (AvgIpc) is 3.01. The molecule has 17 heavy (non-hydrogen) atoms. The highest BCUT2D eigenvalue weighted by atomic mass is 16.3. The summed E-state index contributed by atoms with van der Waals surface area (Å²) in [6.45, 7) is 4.14. The van der Waals surface area contributed by atoms with E-state index in [0.717, 1.165) is 29.0 Å². The first-order valence-corrected chi connectivity index (χ1v) is 6.26. The Bertz CT molecular complexity index is 555. The van der Waals surface area contributed by atoms with E-state index in [-0.39, 0.29) is 6.04 Å². The fourth-order valence-electron chi connectivity index (χ4n) is 2.40. The Balaban J connectivity index is 1.92. The van der Waals surface area contributed by atoms with Crippen LogP contribution in [0.1, 0.15) is 29.9 Å². The molecule has 1 heterocycles. The molecule has 1 aliphatic rings. The second kappa shape index (κ2) is 3.84. The highest BCUT2D eigenvalue weighted by molar-refractivity contribution is 5.77. The van der Waals surface area contributed by atoms with Crippen molar-refractivity contribution >= 4 is 11.1 Å².